The van der Waals surface area contributed by atoms with E-state index in [2.05, 4.69) is 48.6 Å². The maximum Gasteiger partial charge on any atom is 0.260 e. The molecule has 0 heterocycles. The molecule has 2 aromatic rings. The average molecular weight is 384 g/mol. The summed E-state index contributed by atoms with van der Waals surface area (Å²) in [6.07, 6.45) is 4.31. The number of nitrogens with one attached hydrogen (secondary N) is 1. The molecule has 0 radical (unpaired) electrons. The number of benzene rings is 2. The molecule has 1 aliphatic rings. The van der Waals surface area contributed by atoms with Crippen LogP contribution in [-0.4, -0.2) is 24.3 Å². The predicted octanol–water partition coefficient (Wildman–Crippen LogP) is 4.69. The van der Waals surface area contributed by atoms with Gasteiger partial charge in [0.05, 0.1) is 0 Å². The molecule has 0 saturated carbocycles. The quantitative estimate of drug-likeness (QED) is 0.672. The van der Waals surface area contributed by atoms with Crippen molar-refractivity contribution in [2.45, 2.75) is 51.4 Å². The summed E-state index contributed by atoms with van der Waals surface area (Å²) in [5, 5.41) is 2.98. The Labute approximate surface area is 166 Å². The minimum Gasteiger partial charge on any atom is -0.481 e. The number of carbonyl (C=O) groups excluding carboxylic acids is 1. The molecule has 144 valence electrons. The molecule has 3 nitrogen and oxygen atoms in total. The minimum absolute atomic E-state index is 0.0520. The van der Waals surface area contributed by atoms with Crippen molar-refractivity contribution in [1.29, 1.82) is 0 Å². The first-order valence-electron chi connectivity index (χ1n) is 9.81. The van der Waals surface area contributed by atoms with E-state index in [9.17, 15) is 4.79 Å². The van der Waals surface area contributed by atoms with Gasteiger partial charge in [0.15, 0.2) is 6.10 Å². The Bertz CT molecular complexity index is 775. The first kappa shape index (κ1) is 19.8. The van der Waals surface area contributed by atoms with Crippen LogP contribution < -0.4 is 10.1 Å². The SMILES string of the molecule is Cc1cccc(CSCCNC(=O)C(C)Oc2ccc3c(c2)CCCC3)c1. The first-order valence-corrected chi connectivity index (χ1v) is 11.0. The van der Waals surface area contributed by atoms with E-state index < -0.39 is 6.10 Å². The van der Waals surface area contributed by atoms with E-state index in [1.807, 2.05) is 24.8 Å². The van der Waals surface area contributed by atoms with Crippen molar-refractivity contribution in [2.24, 2.45) is 0 Å². The van der Waals surface area contributed by atoms with E-state index in [1.165, 1.54) is 35.1 Å². The van der Waals surface area contributed by atoms with Gasteiger partial charge in [0, 0.05) is 18.1 Å². The smallest absolute Gasteiger partial charge is 0.260 e. The minimum atomic E-state index is -0.478. The molecule has 0 fully saturated rings. The highest BCUT2D eigenvalue weighted by Crippen LogP contribution is 2.25. The Morgan fingerprint density at radius 3 is 2.78 bits per heavy atom. The molecule has 0 spiro atoms. The van der Waals surface area contributed by atoms with Crippen LogP contribution in [0.4, 0.5) is 0 Å². The summed E-state index contributed by atoms with van der Waals surface area (Å²) in [5.41, 5.74) is 5.42. The number of hydrogen-bond donors (Lipinski definition) is 1. The Hall–Kier alpha value is -1.94. The van der Waals surface area contributed by atoms with Gasteiger partial charge in [-0.25, -0.2) is 0 Å². The summed E-state index contributed by atoms with van der Waals surface area (Å²) in [4.78, 5) is 12.3. The molecule has 27 heavy (non-hydrogen) atoms. The Balaban J connectivity index is 1.37. The molecule has 0 saturated heterocycles. The molecule has 2 aromatic carbocycles. The normalized spacial score (nSPS) is 14.3. The molecule has 1 unspecified atom stereocenters. The van der Waals surface area contributed by atoms with E-state index >= 15 is 0 Å². The monoisotopic (exact) mass is 383 g/mol. The third-order valence-corrected chi connectivity index (χ3v) is 5.93. The largest absolute Gasteiger partial charge is 0.481 e. The van der Waals surface area contributed by atoms with Gasteiger partial charge in [0.25, 0.3) is 5.91 Å². The zero-order valence-electron chi connectivity index (χ0n) is 16.3. The summed E-state index contributed by atoms with van der Waals surface area (Å²) in [6.45, 7) is 4.58. The molecule has 0 aliphatic heterocycles. The second-order valence-corrected chi connectivity index (χ2v) is 8.34. The summed E-state index contributed by atoms with van der Waals surface area (Å²) in [5.74, 6) is 2.61. The lowest BCUT2D eigenvalue weighted by atomic mass is 9.92. The molecule has 1 aliphatic carbocycles. The van der Waals surface area contributed by atoms with Crippen LogP contribution in [0.25, 0.3) is 0 Å². The molecule has 1 atom stereocenters. The third-order valence-electron chi connectivity index (χ3n) is 4.90. The summed E-state index contributed by atoms with van der Waals surface area (Å²) in [7, 11) is 0. The third kappa shape index (κ3) is 6.03. The fourth-order valence-electron chi connectivity index (χ4n) is 3.42. The van der Waals surface area contributed by atoms with Crippen LogP contribution in [0, 0.1) is 6.92 Å². The summed E-state index contributed by atoms with van der Waals surface area (Å²) in [6, 6.07) is 14.8. The molecule has 0 aromatic heterocycles. The topological polar surface area (TPSA) is 38.3 Å². The van der Waals surface area contributed by atoms with Crippen LogP contribution in [0.3, 0.4) is 0 Å². The van der Waals surface area contributed by atoms with Crippen molar-refractivity contribution < 1.29 is 9.53 Å². The lowest BCUT2D eigenvalue weighted by Crippen LogP contribution is -2.37. The molecule has 1 N–H and O–H groups in total. The van der Waals surface area contributed by atoms with Crippen LogP contribution in [0.5, 0.6) is 5.75 Å². The van der Waals surface area contributed by atoms with Crippen molar-refractivity contribution in [3.63, 3.8) is 0 Å². The number of rotatable bonds is 8. The van der Waals surface area contributed by atoms with Gasteiger partial charge in [0.1, 0.15) is 5.75 Å². The van der Waals surface area contributed by atoms with Crippen molar-refractivity contribution in [3.8, 4) is 5.75 Å². The van der Waals surface area contributed by atoms with Crippen molar-refractivity contribution in [3.05, 3.63) is 64.7 Å². The van der Waals surface area contributed by atoms with E-state index in [-0.39, 0.29) is 5.91 Å². The van der Waals surface area contributed by atoms with E-state index in [1.54, 1.807) is 0 Å². The van der Waals surface area contributed by atoms with Gasteiger partial charge in [0.2, 0.25) is 0 Å². The maximum absolute atomic E-state index is 12.3. The van der Waals surface area contributed by atoms with E-state index in [4.69, 9.17) is 4.74 Å². The first-order chi connectivity index (χ1) is 13.1. The lowest BCUT2D eigenvalue weighted by Gasteiger charge is -2.19. The Morgan fingerprint density at radius 1 is 1.15 bits per heavy atom. The van der Waals surface area contributed by atoms with Crippen molar-refractivity contribution in [1.82, 2.24) is 5.32 Å². The van der Waals surface area contributed by atoms with E-state index in [0.29, 0.717) is 6.54 Å². The van der Waals surface area contributed by atoms with Gasteiger partial charge in [-0.05, 0) is 68.4 Å². The number of ether oxygens (including phenoxy) is 1. The van der Waals surface area contributed by atoms with Crippen molar-refractivity contribution in [2.75, 3.05) is 12.3 Å². The maximum atomic E-state index is 12.3. The van der Waals surface area contributed by atoms with Gasteiger partial charge in [-0.2, -0.15) is 11.8 Å². The fourth-order valence-corrected chi connectivity index (χ4v) is 4.23. The number of hydrogen-bond acceptors (Lipinski definition) is 3. The number of aryl methyl sites for hydroxylation is 3. The van der Waals surface area contributed by atoms with Gasteiger partial charge in [-0.15, -0.1) is 0 Å². The van der Waals surface area contributed by atoms with Crippen molar-refractivity contribution >= 4 is 17.7 Å². The Kier molecular flexibility index (Phi) is 7.22. The molecular formula is C23H29NO2S. The van der Waals surface area contributed by atoms with Crippen LogP contribution >= 0.6 is 11.8 Å². The highest BCUT2D eigenvalue weighted by Gasteiger charge is 2.16. The molecular weight excluding hydrogens is 354 g/mol. The number of amides is 1. The van der Waals surface area contributed by atoms with Crippen LogP contribution in [0.15, 0.2) is 42.5 Å². The average Bonchev–Trinajstić information content (AvgIpc) is 2.67. The van der Waals surface area contributed by atoms with Crippen LogP contribution in [0.2, 0.25) is 0 Å². The zero-order chi connectivity index (χ0) is 19.1. The molecule has 3 rings (SSSR count). The highest BCUT2D eigenvalue weighted by molar-refractivity contribution is 7.98. The van der Waals surface area contributed by atoms with Gasteiger partial charge in [-0.1, -0.05) is 35.9 Å². The number of fused-ring (bicyclic) bond motifs is 1. The van der Waals surface area contributed by atoms with Crippen LogP contribution in [-0.2, 0) is 23.4 Å². The Morgan fingerprint density at radius 2 is 1.96 bits per heavy atom. The summed E-state index contributed by atoms with van der Waals surface area (Å²) >= 11 is 1.83. The standard InChI is InChI=1S/C23H29NO2S/c1-17-6-5-7-19(14-17)16-27-13-12-24-23(25)18(2)26-22-11-10-20-8-3-4-9-21(20)15-22/h5-7,10-11,14-15,18H,3-4,8-9,12-13,16H2,1-2H3,(H,24,25). The molecule has 4 heteroatoms. The number of carbonyl (C=O) groups is 1. The molecule has 0 bridgehead atoms. The predicted molar refractivity (Wildman–Crippen MR) is 114 cm³/mol. The highest BCUT2D eigenvalue weighted by atomic mass is 32.2. The van der Waals surface area contributed by atoms with Crippen LogP contribution in [0.1, 0.15) is 42.0 Å². The lowest BCUT2D eigenvalue weighted by molar-refractivity contribution is -0.127. The van der Waals surface area contributed by atoms with Gasteiger partial charge in [-0.3, -0.25) is 4.79 Å². The summed E-state index contributed by atoms with van der Waals surface area (Å²) < 4.78 is 5.86. The molecule has 1 amide bonds. The zero-order valence-corrected chi connectivity index (χ0v) is 17.1. The fraction of sp³-hybridized carbons (Fsp3) is 0.435. The van der Waals surface area contributed by atoms with E-state index in [0.717, 1.165) is 30.1 Å². The van der Waals surface area contributed by atoms with Gasteiger partial charge < -0.3 is 10.1 Å². The number of thioether (sulfide) groups is 1. The second-order valence-electron chi connectivity index (χ2n) is 7.23. The van der Waals surface area contributed by atoms with Gasteiger partial charge >= 0.3 is 0 Å². The second kappa shape index (κ2) is 9.84.